The lowest BCUT2D eigenvalue weighted by Gasteiger charge is -2.25. The molecule has 2 heterocycles. The Morgan fingerprint density at radius 1 is 1.29 bits per heavy atom. The minimum absolute atomic E-state index is 0.00859. The summed E-state index contributed by atoms with van der Waals surface area (Å²) in [5.41, 5.74) is 1.62. The van der Waals surface area contributed by atoms with E-state index in [4.69, 9.17) is 23.2 Å². The van der Waals surface area contributed by atoms with Crippen molar-refractivity contribution in [2.24, 2.45) is 0 Å². The van der Waals surface area contributed by atoms with E-state index < -0.39 is 0 Å². The summed E-state index contributed by atoms with van der Waals surface area (Å²) in [4.78, 5) is 17.5. The van der Waals surface area contributed by atoms with Crippen LogP contribution in [-0.2, 0) is 0 Å². The number of hydrogen-bond acceptors (Lipinski definition) is 1. The summed E-state index contributed by atoms with van der Waals surface area (Å²) in [6, 6.07) is 7.42. The average molecular weight is 388 g/mol. The lowest BCUT2D eigenvalue weighted by atomic mass is 10.0. The van der Waals surface area contributed by atoms with Gasteiger partial charge in [-0.1, -0.05) is 29.3 Å². The number of hydrogen-bond donors (Lipinski definition) is 1. The Morgan fingerprint density at radius 2 is 2.10 bits per heavy atom. The second-order valence-electron chi connectivity index (χ2n) is 5.06. The molecule has 1 aromatic heterocycles. The van der Waals surface area contributed by atoms with E-state index in [1.54, 1.807) is 18.3 Å². The SMILES string of the molecule is O=C(c1cc(Br)c[nH]1)N1CCCC1c1ccc(Cl)c(Cl)c1. The second-order valence-corrected chi connectivity index (χ2v) is 6.79. The minimum atomic E-state index is 0.00859. The maximum absolute atomic E-state index is 12.6. The molecule has 1 saturated heterocycles. The van der Waals surface area contributed by atoms with Crippen LogP contribution in [0.2, 0.25) is 10.0 Å². The third-order valence-corrected chi connectivity index (χ3v) is 4.92. The predicted molar refractivity (Wildman–Crippen MR) is 88.0 cm³/mol. The zero-order chi connectivity index (χ0) is 15.0. The summed E-state index contributed by atoms with van der Waals surface area (Å²) >= 11 is 15.4. The molecule has 0 radical (unpaired) electrons. The summed E-state index contributed by atoms with van der Waals surface area (Å²) in [6.07, 6.45) is 3.68. The maximum atomic E-state index is 12.6. The molecule has 1 aliphatic rings. The first-order valence-electron chi connectivity index (χ1n) is 6.66. The van der Waals surface area contributed by atoms with Gasteiger partial charge < -0.3 is 9.88 Å². The summed E-state index contributed by atoms with van der Waals surface area (Å²) in [5.74, 6) is 0.00859. The smallest absolute Gasteiger partial charge is 0.270 e. The lowest BCUT2D eigenvalue weighted by molar-refractivity contribution is 0.0730. The van der Waals surface area contributed by atoms with Gasteiger partial charge in [-0.05, 0) is 52.5 Å². The molecule has 1 aliphatic heterocycles. The highest BCUT2D eigenvalue weighted by Crippen LogP contribution is 2.35. The molecule has 0 saturated carbocycles. The first kappa shape index (κ1) is 14.9. The van der Waals surface area contributed by atoms with Crippen LogP contribution in [0.5, 0.6) is 0 Å². The first-order valence-corrected chi connectivity index (χ1v) is 8.21. The lowest BCUT2D eigenvalue weighted by Crippen LogP contribution is -2.30. The molecule has 2 aromatic rings. The standard InChI is InChI=1S/C15H13BrCl2N2O/c16-10-7-13(19-8-10)15(21)20-5-1-2-14(20)9-3-4-11(17)12(18)6-9/h3-4,6-8,14,19H,1-2,5H2. The van der Waals surface area contributed by atoms with Crippen molar-refractivity contribution in [3.63, 3.8) is 0 Å². The molecule has 6 heteroatoms. The molecule has 1 fully saturated rings. The van der Waals surface area contributed by atoms with E-state index in [-0.39, 0.29) is 11.9 Å². The molecular formula is C15H13BrCl2N2O. The second kappa shape index (κ2) is 6.03. The van der Waals surface area contributed by atoms with Crippen molar-refractivity contribution in [2.45, 2.75) is 18.9 Å². The molecule has 21 heavy (non-hydrogen) atoms. The number of aromatic amines is 1. The first-order chi connectivity index (χ1) is 10.1. The number of benzene rings is 1. The van der Waals surface area contributed by atoms with Crippen LogP contribution in [0.25, 0.3) is 0 Å². The number of halogens is 3. The van der Waals surface area contributed by atoms with Crippen LogP contribution in [0.15, 0.2) is 34.9 Å². The van der Waals surface area contributed by atoms with E-state index in [2.05, 4.69) is 20.9 Å². The topological polar surface area (TPSA) is 36.1 Å². The molecule has 1 N–H and O–H groups in total. The predicted octanol–water partition coefficient (Wildman–Crippen LogP) is 5.06. The maximum Gasteiger partial charge on any atom is 0.270 e. The van der Waals surface area contributed by atoms with Gasteiger partial charge in [-0.15, -0.1) is 0 Å². The normalized spacial score (nSPS) is 18.2. The number of carbonyl (C=O) groups is 1. The monoisotopic (exact) mass is 386 g/mol. The Hall–Kier alpha value is -0.970. The fourth-order valence-corrected chi connectivity index (χ4v) is 3.37. The fourth-order valence-electron chi connectivity index (χ4n) is 2.72. The Labute approximate surface area is 141 Å². The van der Waals surface area contributed by atoms with Gasteiger partial charge in [0.25, 0.3) is 5.91 Å². The Kier molecular flexibility index (Phi) is 4.29. The number of nitrogens with zero attached hydrogens (tertiary/aromatic N) is 1. The van der Waals surface area contributed by atoms with Crippen LogP contribution in [-0.4, -0.2) is 22.3 Å². The molecule has 1 unspecified atom stereocenters. The van der Waals surface area contributed by atoms with Gasteiger partial charge in [0.2, 0.25) is 0 Å². The van der Waals surface area contributed by atoms with E-state index in [0.717, 1.165) is 29.4 Å². The molecule has 3 nitrogen and oxygen atoms in total. The van der Waals surface area contributed by atoms with E-state index in [1.165, 1.54) is 0 Å². The molecule has 1 amide bonds. The molecule has 1 atom stereocenters. The number of H-pyrrole nitrogens is 1. The number of nitrogens with one attached hydrogen (secondary N) is 1. The highest BCUT2D eigenvalue weighted by molar-refractivity contribution is 9.10. The van der Waals surface area contributed by atoms with Crippen LogP contribution in [0.3, 0.4) is 0 Å². The Bertz CT molecular complexity index is 686. The number of aromatic nitrogens is 1. The van der Waals surface area contributed by atoms with Gasteiger partial charge in [-0.3, -0.25) is 4.79 Å². The van der Waals surface area contributed by atoms with E-state index in [0.29, 0.717) is 15.7 Å². The highest BCUT2D eigenvalue weighted by atomic mass is 79.9. The average Bonchev–Trinajstić information content (AvgIpc) is 3.10. The number of likely N-dealkylation sites (tertiary alicyclic amines) is 1. The molecule has 1 aromatic carbocycles. The largest absolute Gasteiger partial charge is 0.356 e. The third-order valence-electron chi connectivity index (χ3n) is 3.72. The molecule has 110 valence electrons. The third kappa shape index (κ3) is 2.98. The van der Waals surface area contributed by atoms with Crippen molar-refractivity contribution in [3.8, 4) is 0 Å². The summed E-state index contributed by atoms with van der Waals surface area (Å²) in [7, 11) is 0. The van der Waals surface area contributed by atoms with Gasteiger partial charge in [0.05, 0.1) is 16.1 Å². The van der Waals surface area contributed by atoms with E-state index in [1.807, 2.05) is 17.0 Å². The van der Waals surface area contributed by atoms with Gasteiger partial charge in [0.15, 0.2) is 0 Å². The molecule has 0 aliphatic carbocycles. The van der Waals surface area contributed by atoms with Gasteiger partial charge in [-0.25, -0.2) is 0 Å². The van der Waals surface area contributed by atoms with Crippen molar-refractivity contribution in [1.29, 1.82) is 0 Å². The minimum Gasteiger partial charge on any atom is -0.356 e. The van der Waals surface area contributed by atoms with Crippen LogP contribution < -0.4 is 0 Å². The number of rotatable bonds is 2. The zero-order valence-corrected chi connectivity index (χ0v) is 14.2. The zero-order valence-electron chi connectivity index (χ0n) is 11.1. The molecule has 3 rings (SSSR count). The van der Waals surface area contributed by atoms with E-state index in [9.17, 15) is 4.79 Å². The highest BCUT2D eigenvalue weighted by Gasteiger charge is 2.31. The van der Waals surface area contributed by atoms with Crippen molar-refractivity contribution in [3.05, 3.63) is 56.2 Å². The van der Waals surface area contributed by atoms with Crippen molar-refractivity contribution >= 4 is 45.0 Å². The van der Waals surface area contributed by atoms with Crippen LogP contribution in [0.1, 0.15) is 34.9 Å². The molecular weight excluding hydrogens is 375 g/mol. The van der Waals surface area contributed by atoms with Gasteiger partial charge in [-0.2, -0.15) is 0 Å². The molecule has 0 spiro atoms. The van der Waals surface area contributed by atoms with E-state index >= 15 is 0 Å². The van der Waals surface area contributed by atoms with Crippen molar-refractivity contribution < 1.29 is 4.79 Å². The fraction of sp³-hybridized carbons (Fsp3) is 0.267. The summed E-state index contributed by atoms with van der Waals surface area (Å²) in [5, 5.41) is 1.06. The van der Waals surface area contributed by atoms with Crippen LogP contribution >= 0.6 is 39.1 Å². The van der Waals surface area contributed by atoms with Crippen molar-refractivity contribution in [1.82, 2.24) is 9.88 Å². The quantitative estimate of drug-likeness (QED) is 0.767. The molecule has 0 bridgehead atoms. The number of carbonyl (C=O) groups excluding carboxylic acids is 1. The van der Waals surface area contributed by atoms with Crippen LogP contribution in [0, 0.1) is 0 Å². The summed E-state index contributed by atoms with van der Waals surface area (Å²) in [6.45, 7) is 0.750. The number of amides is 1. The van der Waals surface area contributed by atoms with Crippen molar-refractivity contribution in [2.75, 3.05) is 6.54 Å². The van der Waals surface area contributed by atoms with Gasteiger partial charge in [0.1, 0.15) is 5.69 Å². The van der Waals surface area contributed by atoms with Crippen LogP contribution in [0.4, 0.5) is 0 Å². The van der Waals surface area contributed by atoms with Gasteiger partial charge in [0, 0.05) is 17.2 Å². The summed E-state index contributed by atoms with van der Waals surface area (Å²) < 4.78 is 0.871. The van der Waals surface area contributed by atoms with Gasteiger partial charge >= 0.3 is 0 Å². The Morgan fingerprint density at radius 3 is 2.76 bits per heavy atom. The Balaban J connectivity index is 1.88.